The van der Waals surface area contributed by atoms with Crippen molar-refractivity contribution in [3.05, 3.63) is 83.0 Å². The van der Waals surface area contributed by atoms with Crippen LogP contribution in [0.5, 0.6) is 5.75 Å². The summed E-state index contributed by atoms with van der Waals surface area (Å²) in [4.78, 5) is 71.5. The first-order chi connectivity index (χ1) is 27.8. The van der Waals surface area contributed by atoms with Gasteiger partial charge in [-0.25, -0.2) is 13.2 Å². The number of rotatable bonds is 17. The Hall–Kier alpha value is -5.44. The molecule has 1 unspecified atom stereocenters. The normalized spacial score (nSPS) is 17.0. The van der Waals surface area contributed by atoms with Gasteiger partial charge in [-0.2, -0.15) is 0 Å². The number of alkyl carbamates (subject to hydrolysis) is 1. The molecule has 1 aliphatic heterocycles. The van der Waals surface area contributed by atoms with Crippen LogP contribution in [0, 0.1) is 10.8 Å². The van der Waals surface area contributed by atoms with Gasteiger partial charge < -0.3 is 30.0 Å². The van der Waals surface area contributed by atoms with Crippen molar-refractivity contribution in [2.24, 2.45) is 10.8 Å². The molecule has 4 amide bonds. The van der Waals surface area contributed by atoms with E-state index in [2.05, 4.69) is 26.9 Å². The van der Waals surface area contributed by atoms with Crippen molar-refractivity contribution in [3.8, 4) is 17.0 Å². The molecule has 0 radical (unpaired) electrons. The monoisotopic (exact) mass is 831 g/mol. The summed E-state index contributed by atoms with van der Waals surface area (Å²) in [6.45, 7) is 13.3. The van der Waals surface area contributed by atoms with Gasteiger partial charge >= 0.3 is 6.09 Å². The molecule has 4 N–H and O–H groups in total. The van der Waals surface area contributed by atoms with Crippen molar-refractivity contribution in [3.63, 3.8) is 0 Å². The number of aromatic nitrogens is 1. The van der Waals surface area contributed by atoms with Gasteiger partial charge in [-0.3, -0.25) is 23.9 Å². The van der Waals surface area contributed by atoms with Crippen LogP contribution in [-0.2, 0) is 29.1 Å². The average molecular weight is 832 g/mol. The van der Waals surface area contributed by atoms with Crippen LogP contribution in [0.4, 0.5) is 4.79 Å². The number of benzene rings is 2. The first-order valence-electron chi connectivity index (χ1n) is 20.0. The van der Waals surface area contributed by atoms with Crippen LogP contribution in [0.2, 0.25) is 0 Å². The van der Waals surface area contributed by atoms with Crippen LogP contribution in [-0.4, -0.2) is 85.8 Å². The lowest BCUT2D eigenvalue weighted by atomic mass is 9.85. The molecule has 3 aromatic rings. The fraction of sp³-hybridized carbons (Fsp3) is 0.477. The molecule has 1 saturated heterocycles. The second-order valence-corrected chi connectivity index (χ2v) is 19.1. The molecule has 1 aromatic heterocycles. The Labute approximate surface area is 346 Å². The molecule has 0 bridgehead atoms. The molecular formula is C44H57N5O9S. The molecule has 2 aliphatic rings. The molecule has 5 rings (SSSR count). The molecule has 2 fully saturated rings. The van der Waals surface area contributed by atoms with E-state index in [0.29, 0.717) is 55.2 Å². The lowest BCUT2D eigenvalue weighted by Gasteiger charge is -2.35. The number of allylic oxidation sites excluding steroid dienone is 1. The number of nitrogens with one attached hydrogen (secondary N) is 4. The highest BCUT2D eigenvalue weighted by Gasteiger charge is 2.43. The summed E-state index contributed by atoms with van der Waals surface area (Å²) in [6.07, 6.45) is 7.58. The number of methoxy groups -OCH3 is 1. The molecular weight excluding hydrogens is 775 g/mol. The van der Waals surface area contributed by atoms with Crippen molar-refractivity contribution in [1.29, 1.82) is 0 Å². The smallest absolute Gasteiger partial charge is 0.407 e. The lowest BCUT2D eigenvalue weighted by molar-refractivity contribution is -0.142. The summed E-state index contributed by atoms with van der Waals surface area (Å²) in [5.74, 6) is -1.32. The number of likely N-dealkylation sites (tertiary alicyclic amines) is 1. The van der Waals surface area contributed by atoms with E-state index in [0.717, 1.165) is 16.8 Å². The van der Waals surface area contributed by atoms with Crippen molar-refractivity contribution in [1.82, 2.24) is 25.2 Å². The van der Waals surface area contributed by atoms with E-state index in [1.165, 1.54) is 11.0 Å². The van der Waals surface area contributed by atoms with E-state index in [9.17, 15) is 32.4 Å². The topological polar surface area (TPSA) is 193 Å². The molecule has 3 atom stereocenters. The molecule has 318 valence electrons. The van der Waals surface area contributed by atoms with E-state index >= 15 is 0 Å². The number of aromatic amines is 1. The van der Waals surface area contributed by atoms with Gasteiger partial charge in [-0.1, -0.05) is 83.2 Å². The summed E-state index contributed by atoms with van der Waals surface area (Å²) >= 11 is 0. The van der Waals surface area contributed by atoms with E-state index in [1.54, 1.807) is 33.9 Å². The number of ether oxygens (including phenoxy) is 2. The quantitative estimate of drug-likeness (QED) is 0.121. The minimum Gasteiger partial charge on any atom is -0.496 e. The molecule has 1 aliphatic carbocycles. The molecule has 14 nitrogen and oxygen atoms in total. The number of hydrogen-bond donors (Lipinski definition) is 4. The minimum atomic E-state index is -3.83. The van der Waals surface area contributed by atoms with Crippen LogP contribution in [0.3, 0.4) is 0 Å². The Morgan fingerprint density at radius 2 is 1.73 bits per heavy atom. The second kappa shape index (κ2) is 18.6. The average Bonchev–Trinajstić information content (AvgIpc) is 3.94. The zero-order valence-electron chi connectivity index (χ0n) is 34.8. The van der Waals surface area contributed by atoms with Gasteiger partial charge in [0, 0.05) is 35.3 Å². The zero-order valence-corrected chi connectivity index (χ0v) is 35.6. The number of nitrogens with zero attached hydrogens (tertiary/aromatic N) is 1. The number of carbonyl (C=O) groups is 4. The van der Waals surface area contributed by atoms with Crippen LogP contribution < -0.4 is 25.5 Å². The van der Waals surface area contributed by atoms with Crippen molar-refractivity contribution in [2.75, 3.05) is 20.3 Å². The molecule has 2 aromatic carbocycles. The number of amides is 4. The summed E-state index contributed by atoms with van der Waals surface area (Å²) in [5.41, 5.74) is 1.74. The zero-order chi connectivity index (χ0) is 43.1. The molecule has 2 heterocycles. The van der Waals surface area contributed by atoms with Gasteiger partial charge in [-0.15, -0.1) is 6.58 Å². The van der Waals surface area contributed by atoms with E-state index in [-0.39, 0.29) is 25.0 Å². The Bertz CT molecular complexity index is 2240. The largest absolute Gasteiger partial charge is 0.496 e. The highest BCUT2D eigenvalue weighted by Crippen LogP contribution is 2.30. The number of fused-ring (bicyclic) bond motifs is 1. The fourth-order valence-electron chi connectivity index (χ4n) is 7.01. The van der Waals surface area contributed by atoms with E-state index in [4.69, 9.17) is 9.47 Å². The SMILES string of the molecule is C=CCC(NC(=O)[C@@H]1CCCN1C(=O)[C@@H](NC(=O)OCC(C)(C)CC/C=C/c1cc2c(=O)cc(-c3ccccc3)[nH]c2cc1OC)C(C)(C)C)C(=O)NS(=O)(=O)C1CC1. The highest BCUT2D eigenvalue weighted by atomic mass is 32.2. The van der Waals surface area contributed by atoms with Gasteiger partial charge in [0.15, 0.2) is 5.43 Å². The third kappa shape index (κ3) is 11.6. The summed E-state index contributed by atoms with van der Waals surface area (Å²) in [5, 5.41) is 5.28. The maximum absolute atomic E-state index is 14.0. The van der Waals surface area contributed by atoms with Gasteiger partial charge in [0.05, 0.1) is 24.5 Å². The first kappa shape index (κ1) is 44.7. The maximum atomic E-state index is 14.0. The third-order valence-corrected chi connectivity index (χ3v) is 12.4. The molecule has 59 heavy (non-hydrogen) atoms. The van der Waals surface area contributed by atoms with Gasteiger partial charge in [0.2, 0.25) is 21.8 Å². The second-order valence-electron chi connectivity index (χ2n) is 17.2. The number of H-pyrrole nitrogens is 1. The molecule has 15 heteroatoms. The lowest BCUT2D eigenvalue weighted by Crippen LogP contribution is -2.59. The number of sulfonamides is 1. The number of hydrogen-bond acceptors (Lipinski definition) is 9. The predicted molar refractivity (Wildman–Crippen MR) is 228 cm³/mol. The van der Waals surface area contributed by atoms with E-state index < -0.39 is 68.0 Å². The molecule has 1 saturated carbocycles. The standard InChI is InChI=1S/C44H57N5O9S/c1-8-15-32(39(51)48-59(55,56)30-20-21-30)46-40(52)35-19-14-23-49(35)41(53)38(43(2,3)4)47-42(54)58-27-44(5,6)22-13-12-18-29-24-31-34(26-37(29)57-7)45-33(25-36(31)50)28-16-10-9-11-17-28/h8-12,16-18,24-26,30,32,35,38H,1,13-15,19-23,27H2,2-7H3,(H,45,50)(H,46,52)(H,47,54)(H,48,51)/b18-12+/t32?,35-,38+/m0/s1. The van der Waals surface area contributed by atoms with Crippen LogP contribution >= 0.6 is 0 Å². The Morgan fingerprint density at radius 3 is 2.37 bits per heavy atom. The summed E-state index contributed by atoms with van der Waals surface area (Å²) in [6, 6.07) is 11.7. The van der Waals surface area contributed by atoms with Crippen LogP contribution in [0.25, 0.3) is 28.2 Å². The van der Waals surface area contributed by atoms with Crippen molar-refractivity contribution >= 4 is 50.8 Å². The van der Waals surface area contributed by atoms with Crippen molar-refractivity contribution < 1.29 is 37.1 Å². The molecule has 0 spiro atoms. The third-order valence-electron chi connectivity index (χ3n) is 10.6. The Kier molecular flexibility index (Phi) is 14.1. The predicted octanol–water partition coefficient (Wildman–Crippen LogP) is 5.82. The summed E-state index contributed by atoms with van der Waals surface area (Å²) in [7, 11) is -2.25. The van der Waals surface area contributed by atoms with Gasteiger partial charge in [0.1, 0.15) is 23.9 Å². The van der Waals surface area contributed by atoms with Gasteiger partial charge in [-0.05, 0) is 67.4 Å². The number of pyridine rings is 1. The Morgan fingerprint density at radius 1 is 1.02 bits per heavy atom. The Balaban J connectivity index is 1.16. The van der Waals surface area contributed by atoms with E-state index in [1.807, 2.05) is 68.5 Å². The first-order valence-corrected chi connectivity index (χ1v) is 21.6. The van der Waals surface area contributed by atoms with Crippen LogP contribution in [0.1, 0.15) is 85.1 Å². The summed E-state index contributed by atoms with van der Waals surface area (Å²) < 4.78 is 38.1. The number of carbonyl (C=O) groups excluding carboxylic acids is 4. The minimum absolute atomic E-state index is 0.0128. The highest BCUT2D eigenvalue weighted by molar-refractivity contribution is 7.90. The fourth-order valence-corrected chi connectivity index (χ4v) is 8.35. The van der Waals surface area contributed by atoms with Crippen molar-refractivity contribution in [2.45, 2.75) is 103 Å². The van der Waals surface area contributed by atoms with Crippen LogP contribution in [0.15, 0.2) is 72.1 Å². The van der Waals surface area contributed by atoms with Gasteiger partial charge in [0.25, 0.3) is 5.91 Å². The maximum Gasteiger partial charge on any atom is 0.407 e.